The predicted octanol–water partition coefficient (Wildman–Crippen LogP) is 4.76. The zero-order valence-corrected chi connectivity index (χ0v) is 13.1. The molecule has 3 nitrogen and oxygen atoms in total. The Bertz CT molecular complexity index is 623. The number of halogens is 1. The fourth-order valence-corrected chi connectivity index (χ4v) is 2.22. The first-order chi connectivity index (χ1) is 10.0. The summed E-state index contributed by atoms with van der Waals surface area (Å²) in [6, 6.07) is 11.1. The number of benzene rings is 2. The van der Waals surface area contributed by atoms with E-state index in [0.717, 1.165) is 12.0 Å². The highest BCUT2D eigenvalue weighted by molar-refractivity contribution is 6.32. The van der Waals surface area contributed by atoms with E-state index in [0.29, 0.717) is 22.3 Å². The monoisotopic (exact) mass is 306 g/mol. The summed E-state index contributed by atoms with van der Waals surface area (Å²) in [4.78, 5) is 0. The molecule has 2 aromatic carbocycles. The molecule has 21 heavy (non-hydrogen) atoms. The van der Waals surface area contributed by atoms with Crippen LogP contribution in [0.1, 0.15) is 31.1 Å². The molecule has 2 rings (SSSR count). The van der Waals surface area contributed by atoms with Gasteiger partial charge in [0.15, 0.2) is 11.5 Å². The molecule has 0 spiro atoms. The van der Waals surface area contributed by atoms with E-state index in [-0.39, 0.29) is 0 Å². The van der Waals surface area contributed by atoms with E-state index in [9.17, 15) is 5.11 Å². The minimum atomic E-state index is -0.560. The molecule has 0 radical (unpaired) electrons. The molecule has 0 heterocycles. The fourth-order valence-electron chi connectivity index (χ4n) is 1.99. The SMILES string of the molecule is CCc1ccc(Oc2ccc([C@@H](C)O)cc2Cl)c(OC)c1. The smallest absolute Gasteiger partial charge is 0.169 e. The van der Waals surface area contributed by atoms with Gasteiger partial charge in [-0.1, -0.05) is 30.7 Å². The van der Waals surface area contributed by atoms with Crippen molar-refractivity contribution in [3.05, 3.63) is 52.5 Å². The van der Waals surface area contributed by atoms with Crippen molar-refractivity contribution in [3.8, 4) is 17.2 Å². The molecule has 0 unspecified atom stereocenters. The van der Waals surface area contributed by atoms with Crippen LogP contribution in [-0.2, 0) is 6.42 Å². The first-order valence-electron chi connectivity index (χ1n) is 6.87. The van der Waals surface area contributed by atoms with Gasteiger partial charge < -0.3 is 14.6 Å². The maximum absolute atomic E-state index is 9.55. The Labute approximate surface area is 130 Å². The number of aryl methyl sites for hydroxylation is 1. The Morgan fingerprint density at radius 1 is 1.10 bits per heavy atom. The molecule has 2 aromatic rings. The van der Waals surface area contributed by atoms with Crippen molar-refractivity contribution in [3.63, 3.8) is 0 Å². The highest BCUT2D eigenvalue weighted by atomic mass is 35.5. The molecule has 4 heteroatoms. The molecule has 0 aliphatic carbocycles. The number of aliphatic hydroxyl groups excluding tert-OH is 1. The van der Waals surface area contributed by atoms with Crippen LogP contribution in [0.5, 0.6) is 17.2 Å². The average molecular weight is 307 g/mol. The molecule has 0 amide bonds. The molecule has 0 aliphatic rings. The summed E-state index contributed by atoms with van der Waals surface area (Å²) in [6.07, 6.45) is 0.371. The second kappa shape index (κ2) is 6.83. The highest BCUT2D eigenvalue weighted by Crippen LogP contribution is 2.36. The fraction of sp³-hybridized carbons (Fsp3) is 0.294. The third kappa shape index (κ3) is 3.69. The number of rotatable bonds is 5. The van der Waals surface area contributed by atoms with Gasteiger partial charge in [-0.25, -0.2) is 0 Å². The van der Waals surface area contributed by atoms with Crippen molar-refractivity contribution in [1.29, 1.82) is 0 Å². The lowest BCUT2D eigenvalue weighted by Crippen LogP contribution is -1.94. The van der Waals surface area contributed by atoms with Crippen molar-refractivity contribution in [2.75, 3.05) is 7.11 Å². The molecule has 0 saturated carbocycles. The normalized spacial score (nSPS) is 12.0. The van der Waals surface area contributed by atoms with Crippen LogP contribution in [0.2, 0.25) is 5.02 Å². The van der Waals surface area contributed by atoms with Crippen LogP contribution in [0, 0.1) is 0 Å². The zero-order chi connectivity index (χ0) is 15.4. The number of hydrogen-bond donors (Lipinski definition) is 1. The molecular weight excluding hydrogens is 288 g/mol. The highest BCUT2D eigenvalue weighted by Gasteiger charge is 2.11. The van der Waals surface area contributed by atoms with Crippen LogP contribution in [-0.4, -0.2) is 12.2 Å². The van der Waals surface area contributed by atoms with Gasteiger partial charge in [0, 0.05) is 0 Å². The van der Waals surface area contributed by atoms with Crippen LogP contribution >= 0.6 is 11.6 Å². The van der Waals surface area contributed by atoms with E-state index in [4.69, 9.17) is 21.1 Å². The Morgan fingerprint density at radius 2 is 1.81 bits per heavy atom. The van der Waals surface area contributed by atoms with Gasteiger partial charge in [0.1, 0.15) is 5.75 Å². The molecule has 0 saturated heterocycles. The summed E-state index contributed by atoms with van der Waals surface area (Å²) in [5.74, 6) is 1.81. The Hall–Kier alpha value is -1.71. The van der Waals surface area contributed by atoms with Crippen molar-refractivity contribution in [2.45, 2.75) is 26.4 Å². The first-order valence-corrected chi connectivity index (χ1v) is 7.25. The molecule has 1 atom stereocenters. The summed E-state index contributed by atoms with van der Waals surface area (Å²) in [5.41, 5.74) is 1.93. The second-order valence-corrected chi connectivity index (χ2v) is 5.21. The lowest BCUT2D eigenvalue weighted by molar-refractivity contribution is 0.199. The summed E-state index contributed by atoms with van der Waals surface area (Å²) in [6.45, 7) is 3.78. The van der Waals surface area contributed by atoms with E-state index >= 15 is 0 Å². The molecule has 0 aliphatic heterocycles. The van der Waals surface area contributed by atoms with Crippen LogP contribution < -0.4 is 9.47 Å². The number of methoxy groups -OCH3 is 1. The van der Waals surface area contributed by atoms with Crippen LogP contribution in [0.4, 0.5) is 0 Å². The lowest BCUT2D eigenvalue weighted by atomic mass is 10.1. The summed E-state index contributed by atoms with van der Waals surface area (Å²) in [5, 5.41) is 10.0. The van der Waals surface area contributed by atoms with Gasteiger partial charge in [-0.15, -0.1) is 0 Å². The van der Waals surface area contributed by atoms with Crippen molar-refractivity contribution < 1.29 is 14.6 Å². The Kier molecular flexibility index (Phi) is 5.10. The second-order valence-electron chi connectivity index (χ2n) is 4.81. The van der Waals surface area contributed by atoms with Gasteiger partial charge in [0.25, 0.3) is 0 Å². The van der Waals surface area contributed by atoms with Gasteiger partial charge in [-0.05, 0) is 48.7 Å². The predicted molar refractivity (Wildman–Crippen MR) is 84.5 cm³/mol. The third-order valence-corrected chi connectivity index (χ3v) is 3.59. The summed E-state index contributed by atoms with van der Waals surface area (Å²) < 4.78 is 11.2. The average Bonchev–Trinajstić information content (AvgIpc) is 2.49. The van der Waals surface area contributed by atoms with E-state index in [1.807, 2.05) is 18.2 Å². The summed E-state index contributed by atoms with van der Waals surface area (Å²) >= 11 is 6.20. The topological polar surface area (TPSA) is 38.7 Å². The van der Waals surface area contributed by atoms with E-state index in [1.165, 1.54) is 5.56 Å². The molecule has 112 valence electrons. The summed E-state index contributed by atoms with van der Waals surface area (Å²) in [7, 11) is 1.61. The Morgan fingerprint density at radius 3 is 2.38 bits per heavy atom. The largest absolute Gasteiger partial charge is 0.493 e. The van der Waals surface area contributed by atoms with Gasteiger partial charge in [-0.3, -0.25) is 0 Å². The van der Waals surface area contributed by atoms with Gasteiger partial charge >= 0.3 is 0 Å². The standard InChI is InChI=1S/C17H19ClO3/c1-4-12-5-7-16(17(9-12)20-3)21-15-8-6-13(11(2)19)10-14(15)18/h5-11,19H,4H2,1-3H3/t11-/m1/s1. The maximum Gasteiger partial charge on any atom is 0.169 e. The maximum atomic E-state index is 9.55. The van der Waals surface area contributed by atoms with E-state index < -0.39 is 6.10 Å². The minimum Gasteiger partial charge on any atom is -0.493 e. The number of aliphatic hydroxyl groups is 1. The van der Waals surface area contributed by atoms with Crippen molar-refractivity contribution >= 4 is 11.6 Å². The molecular formula is C17H19ClO3. The molecule has 1 N–H and O–H groups in total. The van der Waals surface area contributed by atoms with E-state index in [1.54, 1.807) is 32.2 Å². The van der Waals surface area contributed by atoms with Gasteiger partial charge in [0.2, 0.25) is 0 Å². The van der Waals surface area contributed by atoms with Crippen molar-refractivity contribution in [1.82, 2.24) is 0 Å². The molecule has 0 fully saturated rings. The zero-order valence-electron chi connectivity index (χ0n) is 12.4. The van der Waals surface area contributed by atoms with Crippen molar-refractivity contribution in [2.24, 2.45) is 0 Å². The van der Waals surface area contributed by atoms with Gasteiger partial charge in [-0.2, -0.15) is 0 Å². The molecule has 0 aromatic heterocycles. The number of ether oxygens (including phenoxy) is 2. The first kappa shape index (κ1) is 15.7. The molecule has 0 bridgehead atoms. The van der Waals surface area contributed by atoms with Gasteiger partial charge in [0.05, 0.1) is 18.2 Å². The van der Waals surface area contributed by atoms with Crippen LogP contribution in [0.3, 0.4) is 0 Å². The Balaban J connectivity index is 2.29. The van der Waals surface area contributed by atoms with E-state index in [2.05, 4.69) is 6.92 Å². The van der Waals surface area contributed by atoms with Crippen LogP contribution in [0.15, 0.2) is 36.4 Å². The quantitative estimate of drug-likeness (QED) is 0.866. The lowest BCUT2D eigenvalue weighted by Gasteiger charge is -2.13. The number of hydrogen-bond acceptors (Lipinski definition) is 3. The minimum absolute atomic E-state index is 0.454. The van der Waals surface area contributed by atoms with Crippen LogP contribution in [0.25, 0.3) is 0 Å². The third-order valence-electron chi connectivity index (χ3n) is 3.29.